The summed E-state index contributed by atoms with van der Waals surface area (Å²) < 4.78 is 21.0. The molecule has 1 heterocycles. The summed E-state index contributed by atoms with van der Waals surface area (Å²) in [6.45, 7) is 7.02. The van der Waals surface area contributed by atoms with Gasteiger partial charge in [0.05, 0.1) is 33.0 Å². The Morgan fingerprint density at radius 3 is 2.21 bits per heavy atom. The summed E-state index contributed by atoms with van der Waals surface area (Å²) in [5.41, 5.74) is 2.16. The fraction of sp³-hybridized carbons (Fsp3) is 0.480. The Morgan fingerprint density at radius 1 is 1.12 bits per heavy atom. The van der Waals surface area contributed by atoms with E-state index in [1.165, 1.54) is 21.3 Å². The van der Waals surface area contributed by atoms with E-state index in [9.17, 15) is 19.5 Å². The molecule has 3 rings (SSSR count). The van der Waals surface area contributed by atoms with E-state index >= 15 is 0 Å². The van der Waals surface area contributed by atoms with Crippen molar-refractivity contribution in [3.8, 4) is 17.2 Å². The van der Waals surface area contributed by atoms with Crippen LogP contribution in [0.2, 0.25) is 0 Å². The van der Waals surface area contributed by atoms with E-state index in [1.54, 1.807) is 32.9 Å². The van der Waals surface area contributed by atoms with Gasteiger partial charge in [0.15, 0.2) is 17.3 Å². The van der Waals surface area contributed by atoms with Gasteiger partial charge in [-0.05, 0) is 50.8 Å². The Labute approximate surface area is 198 Å². The maximum atomic E-state index is 13.7. The number of ether oxygens (including phenoxy) is 4. The second kappa shape index (κ2) is 9.79. The number of Topliss-reactive ketones (excluding diaryl/α,β-unsaturated/α-hetero) is 1. The summed E-state index contributed by atoms with van der Waals surface area (Å²) in [5, 5.41) is 13.6. The number of methoxy groups -OCH3 is 3. The molecule has 1 aromatic carbocycles. The molecule has 1 aliphatic carbocycles. The molecule has 184 valence electrons. The van der Waals surface area contributed by atoms with Crippen LogP contribution in [0.25, 0.3) is 0 Å². The number of hydrogen-bond acceptors (Lipinski definition) is 9. The SMILES string of the molecule is COC(=O)[C@@H]1C(=O)C2=C(C[C@@H]1C)NC(C)=C(C(=O)OC(C)C)[C@@H]2c1cc(OC)c(O)c(OC)c1. The van der Waals surface area contributed by atoms with E-state index in [1.807, 2.05) is 6.92 Å². The molecule has 1 aromatic rings. The normalized spacial score (nSPS) is 22.2. The first-order valence-corrected chi connectivity index (χ1v) is 11.0. The average Bonchev–Trinajstić information content (AvgIpc) is 2.77. The highest BCUT2D eigenvalue weighted by Gasteiger charge is 2.47. The quantitative estimate of drug-likeness (QED) is 0.474. The lowest BCUT2D eigenvalue weighted by Gasteiger charge is -2.38. The first kappa shape index (κ1) is 25.1. The zero-order chi connectivity index (χ0) is 25.3. The monoisotopic (exact) mass is 473 g/mol. The third-order valence-electron chi connectivity index (χ3n) is 6.14. The Morgan fingerprint density at radius 2 is 1.71 bits per heavy atom. The van der Waals surface area contributed by atoms with Gasteiger partial charge in [-0.3, -0.25) is 9.59 Å². The van der Waals surface area contributed by atoms with Crippen molar-refractivity contribution in [1.82, 2.24) is 5.32 Å². The third kappa shape index (κ3) is 4.34. The van der Waals surface area contributed by atoms with Gasteiger partial charge in [0.1, 0.15) is 5.92 Å². The van der Waals surface area contributed by atoms with E-state index < -0.39 is 35.7 Å². The highest BCUT2D eigenvalue weighted by molar-refractivity contribution is 6.12. The van der Waals surface area contributed by atoms with Crippen LogP contribution in [0.5, 0.6) is 17.2 Å². The van der Waals surface area contributed by atoms with Crippen LogP contribution in [-0.4, -0.2) is 50.3 Å². The van der Waals surface area contributed by atoms with Crippen LogP contribution in [0.4, 0.5) is 0 Å². The largest absolute Gasteiger partial charge is 0.502 e. The molecule has 2 N–H and O–H groups in total. The van der Waals surface area contributed by atoms with Crippen LogP contribution in [0.3, 0.4) is 0 Å². The molecule has 0 saturated heterocycles. The van der Waals surface area contributed by atoms with E-state index in [2.05, 4.69) is 5.32 Å². The number of esters is 2. The van der Waals surface area contributed by atoms with Crippen molar-refractivity contribution in [2.24, 2.45) is 11.8 Å². The molecule has 1 aliphatic heterocycles. The Kier molecular flexibility index (Phi) is 7.24. The molecule has 0 fully saturated rings. The maximum Gasteiger partial charge on any atom is 0.337 e. The van der Waals surface area contributed by atoms with Gasteiger partial charge >= 0.3 is 11.9 Å². The lowest BCUT2D eigenvalue weighted by molar-refractivity contribution is -0.151. The van der Waals surface area contributed by atoms with Gasteiger partial charge in [-0.1, -0.05) is 6.92 Å². The Hall–Kier alpha value is -3.49. The third-order valence-corrected chi connectivity index (χ3v) is 6.14. The van der Waals surface area contributed by atoms with Crippen molar-refractivity contribution in [2.75, 3.05) is 21.3 Å². The number of allylic oxidation sites excluding steroid dienone is 3. The van der Waals surface area contributed by atoms with Gasteiger partial charge in [0.2, 0.25) is 5.75 Å². The van der Waals surface area contributed by atoms with Crippen molar-refractivity contribution in [3.05, 3.63) is 40.2 Å². The molecule has 34 heavy (non-hydrogen) atoms. The van der Waals surface area contributed by atoms with Gasteiger partial charge < -0.3 is 29.4 Å². The molecule has 0 aromatic heterocycles. The first-order valence-electron chi connectivity index (χ1n) is 11.0. The molecule has 9 heteroatoms. The minimum atomic E-state index is -1.00. The molecule has 0 amide bonds. The number of carbonyl (C=O) groups excluding carboxylic acids is 3. The lowest BCUT2D eigenvalue weighted by Crippen LogP contribution is -2.43. The molecule has 2 aliphatic rings. The number of aromatic hydroxyl groups is 1. The fourth-order valence-electron chi connectivity index (χ4n) is 4.64. The van der Waals surface area contributed by atoms with Crippen LogP contribution in [-0.2, 0) is 23.9 Å². The number of ketones is 1. The second-order valence-corrected chi connectivity index (χ2v) is 8.76. The van der Waals surface area contributed by atoms with Gasteiger partial charge in [0.25, 0.3) is 0 Å². The highest BCUT2D eigenvalue weighted by Crippen LogP contribution is 2.48. The number of phenolic OH excluding ortho intramolecular Hbond substituents is 1. The first-order chi connectivity index (χ1) is 16.0. The van der Waals surface area contributed by atoms with Crippen LogP contribution >= 0.6 is 0 Å². The predicted octanol–water partition coefficient (Wildman–Crippen LogP) is 2.97. The van der Waals surface area contributed by atoms with Crippen molar-refractivity contribution in [2.45, 2.75) is 46.1 Å². The van der Waals surface area contributed by atoms with Gasteiger partial charge in [0, 0.05) is 22.9 Å². The molecule has 9 nitrogen and oxygen atoms in total. The molecule has 0 radical (unpaired) electrons. The van der Waals surface area contributed by atoms with Crippen molar-refractivity contribution in [3.63, 3.8) is 0 Å². The Balaban J connectivity index is 2.28. The molecular weight excluding hydrogens is 442 g/mol. The Bertz CT molecular complexity index is 1060. The van der Waals surface area contributed by atoms with E-state index in [0.29, 0.717) is 23.4 Å². The summed E-state index contributed by atoms with van der Waals surface area (Å²) in [4.78, 5) is 39.5. The topological polar surface area (TPSA) is 120 Å². The molecule has 3 atom stereocenters. The highest BCUT2D eigenvalue weighted by atomic mass is 16.5. The smallest absolute Gasteiger partial charge is 0.337 e. The van der Waals surface area contributed by atoms with Crippen molar-refractivity contribution < 1.29 is 38.4 Å². The zero-order valence-electron chi connectivity index (χ0n) is 20.5. The summed E-state index contributed by atoms with van der Waals surface area (Å²) in [7, 11) is 4.02. The van der Waals surface area contributed by atoms with Crippen molar-refractivity contribution in [1.29, 1.82) is 0 Å². The standard InChI is InChI=1S/C25H31NO8/c1-11(2)34-25(30)19-13(4)26-15-8-12(3)18(24(29)33-7)23(28)21(15)20(19)14-9-16(31-5)22(27)17(10-14)32-6/h9-12,18,20,26-27H,8H2,1-7H3/t12-,18-,20-/m0/s1. The fourth-order valence-corrected chi connectivity index (χ4v) is 4.64. The van der Waals surface area contributed by atoms with Crippen LogP contribution in [0.1, 0.15) is 45.6 Å². The molecule has 0 saturated carbocycles. The summed E-state index contributed by atoms with van der Waals surface area (Å²) in [6, 6.07) is 3.10. The van der Waals surface area contributed by atoms with Crippen LogP contribution in [0, 0.1) is 11.8 Å². The minimum absolute atomic E-state index is 0.116. The zero-order valence-corrected chi connectivity index (χ0v) is 20.5. The molecular formula is C25H31NO8. The van der Waals surface area contributed by atoms with Crippen molar-refractivity contribution >= 4 is 17.7 Å². The summed E-state index contributed by atoms with van der Waals surface area (Å²) >= 11 is 0. The van der Waals surface area contributed by atoms with E-state index in [4.69, 9.17) is 18.9 Å². The lowest BCUT2D eigenvalue weighted by atomic mass is 9.69. The second-order valence-electron chi connectivity index (χ2n) is 8.76. The van der Waals surface area contributed by atoms with Crippen LogP contribution in [0.15, 0.2) is 34.7 Å². The molecule has 0 bridgehead atoms. The number of phenols is 1. The number of nitrogens with one attached hydrogen (secondary N) is 1. The van der Waals surface area contributed by atoms with E-state index in [0.717, 1.165) is 0 Å². The summed E-state index contributed by atoms with van der Waals surface area (Å²) in [6.07, 6.45) is 0.0192. The van der Waals surface area contributed by atoms with Gasteiger partial charge in [-0.15, -0.1) is 0 Å². The van der Waals surface area contributed by atoms with Crippen LogP contribution < -0.4 is 14.8 Å². The van der Waals surface area contributed by atoms with Gasteiger partial charge in [-0.25, -0.2) is 4.79 Å². The molecule has 0 unspecified atom stereocenters. The minimum Gasteiger partial charge on any atom is -0.502 e. The van der Waals surface area contributed by atoms with E-state index in [-0.39, 0.29) is 34.3 Å². The predicted molar refractivity (Wildman–Crippen MR) is 122 cm³/mol. The molecule has 0 spiro atoms. The average molecular weight is 474 g/mol. The number of benzene rings is 1. The summed E-state index contributed by atoms with van der Waals surface area (Å²) in [5.74, 6) is -3.80. The number of dihydropyridines is 1. The number of hydrogen-bond donors (Lipinski definition) is 2. The number of rotatable bonds is 6. The maximum absolute atomic E-state index is 13.7. The van der Waals surface area contributed by atoms with Gasteiger partial charge in [-0.2, -0.15) is 0 Å². The number of carbonyl (C=O) groups is 3.